The molecule has 0 saturated carbocycles. The predicted octanol–water partition coefficient (Wildman–Crippen LogP) is 2.94. The van der Waals surface area contributed by atoms with E-state index in [1.807, 2.05) is 65.7 Å². The van der Waals surface area contributed by atoms with Crippen molar-refractivity contribution in [1.82, 2.24) is 14.7 Å². The highest BCUT2D eigenvalue weighted by atomic mass is 35.5. The lowest BCUT2D eigenvalue weighted by atomic mass is 10.1. The third-order valence-electron chi connectivity index (χ3n) is 5.44. The van der Waals surface area contributed by atoms with Gasteiger partial charge < -0.3 is 9.80 Å². The minimum absolute atomic E-state index is 0.0488. The van der Waals surface area contributed by atoms with E-state index in [0.717, 1.165) is 37.4 Å². The number of piperazine rings is 1. The molecule has 2 aromatic carbocycles. The Labute approximate surface area is 176 Å². The van der Waals surface area contributed by atoms with Crippen molar-refractivity contribution >= 4 is 17.5 Å². The molecule has 3 aromatic rings. The van der Waals surface area contributed by atoms with Gasteiger partial charge in [0.2, 0.25) is 0 Å². The fraction of sp³-hybridized carbons (Fsp3) is 0.304. The number of aromatic nitrogens is 2. The van der Waals surface area contributed by atoms with Crippen molar-refractivity contribution < 1.29 is 9.69 Å². The summed E-state index contributed by atoms with van der Waals surface area (Å²) in [5.41, 5.74) is 3.15. The van der Waals surface area contributed by atoms with Gasteiger partial charge in [-0.25, -0.2) is 4.68 Å². The zero-order chi connectivity index (χ0) is 20.2. The summed E-state index contributed by atoms with van der Waals surface area (Å²) in [6.07, 6.45) is 3.03. The number of rotatable bonds is 5. The van der Waals surface area contributed by atoms with Crippen LogP contribution in [0.15, 0.2) is 60.8 Å². The number of hydrogen-bond acceptors (Lipinski definition) is 2. The van der Waals surface area contributed by atoms with Crippen molar-refractivity contribution in [2.45, 2.75) is 13.3 Å². The number of nitrogens with one attached hydrogen (secondary N) is 1. The quantitative estimate of drug-likeness (QED) is 0.704. The Kier molecular flexibility index (Phi) is 5.97. The van der Waals surface area contributed by atoms with Crippen molar-refractivity contribution in [3.05, 3.63) is 71.4 Å². The normalized spacial score (nSPS) is 14.9. The van der Waals surface area contributed by atoms with Crippen molar-refractivity contribution in [3.63, 3.8) is 0 Å². The SMILES string of the molecule is CCC[NH+]1CCN(C(=O)c2cn(-c3ccccc3)nc2-c2ccc(Cl)cc2)CC1. The van der Waals surface area contributed by atoms with E-state index in [1.54, 1.807) is 9.58 Å². The van der Waals surface area contributed by atoms with Gasteiger partial charge in [-0.15, -0.1) is 0 Å². The number of carbonyl (C=O) groups excluding carboxylic acids is 1. The highest BCUT2D eigenvalue weighted by molar-refractivity contribution is 6.30. The third kappa shape index (κ3) is 4.36. The second kappa shape index (κ2) is 8.80. The molecule has 1 amide bonds. The Bertz CT molecular complexity index is 960. The topological polar surface area (TPSA) is 42.6 Å². The average Bonchev–Trinajstić information content (AvgIpc) is 3.21. The second-order valence-electron chi connectivity index (χ2n) is 7.47. The summed E-state index contributed by atoms with van der Waals surface area (Å²) in [4.78, 5) is 16.9. The van der Waals surface area contributed by atoms with E-state index in [1.165, 1.54) is 13.0 Å². The number of quaternary nitrogens is 1. The van der Waals surface area contributed by atoms with Gasteiger partial charge in [0.25, 0.3) is 5.91 Å². The summed E-state index contributed by atoms with van der Waals surface area (Å²) in [5, 5.41) is 5.43. The molecule has 0 spiro atoms. The van der Waals surface area contributed by atoms with E-state index in [2.05, 4.69) is 6.92 Å². The predicted molar refractivity (Wildman–Crippen MR) is 116 cm³/mol. The molecule has 0 aliphatic carbocycles. The highest BCUT2D eigenvalue weighted by Crippen LogP contribution is 2.26. The zero-order valence-electron chi connectivity index (χ0n) is 16.6. The van der Waals surface area contributed by atoms with Gasteiger partial charge in [0.1, 0.15) is 5.69 Å². The van der Waals surface area contributed by atoms with Gasteiger partial charge in [-0.1, -0.05) is 48.9 Å². The van der Waals surface area contributed by atoms with Crippen molar-refractivity contribution in [1.29, 1.82) is 0 Å². The summed E-state index contributed by atoms with van der Waals surface area (Å²) < 4.78 is 1.79. The summed E-state index contributed by atoms with van der Waals surface area (Å²) in [6, 6.07) is 17.4. The molecule has 0 atom stereocenters. The van der Waals surface area contributed by atoms with Crippen LogP contribution in [0.1, 0.15) is 23.7 Å². The Balaban J connectivity index is 1.67. The summed E-state index contributed by atoms with van der Waals surface area (Å²) >= 11 is 6.06. The lowest BCUT2D eigenvalue weighted by Crippen LogP contribution is -3.14. The van der Waals surface area contributed by atoms with Crippen LogP contribution in [0.2, 0.25) is 5.02 Å². The fourth-order valence-corrected chi connectivity index (χ4v) is 3.99. The van der Waals surface area contributed by atoms with Crippen molar-refractivity contribution in [2.24, 2.45) is 0 Å². The van der Waals surface area contributed by atoms with Crippen LogP contribution in [0.4, 0.5) is 0 Å². The third-order valence-corrected chi connectivity index (χ3v) is 5.70. The maximum absolute atomic E-state index is 13.4. The van der Waals surface area contributed by atoms with Crippen LogP contribution in [-0.2, 0) is 0 Å². The number of carbonyl (C=O) groups is 1. The smallest absolute Gasteiger partial charge is 0.258 e. The van der Waals surface area contributed by atoms with Crippen LogP contribution >= 0.6 is 11.6 Å². The van der Waals surface area contributed by atoms with Gasteiger partial charge in [0.15, 0.2) is 0 Å². The van der Waals surface area contributed by atoms with Gasteiger partial charge in [0, 0.05) is 16.8 Å². The van der Waals surface area contributed by atoms with Gasteiger partial charge in [-0.05, 0) is 30.7 Å². The van der Waals surface area contributed by atoms with E-state index < -0.39 is 0 Å². The van der Waals surface area contributed by atoms with E-state index in [0.29, 0.717) is 16.3 Å². The first-order valence-corrected chi connectivity index (χ1v) is 10.6. The Morgan fingerprint density at radius 2 is 1.76 bits per heavy atom. The molecule has 1 saturated heterocycles. The molecule has 0 bridgehead atoms. The minimum atomic E-state index is 0.0488. The molecule has 5 nitrogen and oxygen atoms in total. The minimum Gasteiger partial charge on any atom is -0.332 e. The molecule has 1 aliphatic rings. The fourth-order valence-electron chi connectivity index (χ4n) is 3.86. The van der Waals surface area contributed by atoms with Gasteiger partial charge >= 0.3 is 0 Å². The molecule has 4 rings (SSSR count). The van der Waals surface area contributed by atoms with Crippen molar-refractivity contribution in [2.75, 3.05) is 32.7 Å². The second-order valence-corrected chi connectivity index (χ2v) is 7.91. The molecule has 1 fully saturated rings. The molecular weight excluding hydrogens is 384 g/mol. The first kappa shape index (κ1) is 19.7. The molecule has 150 valence electrons. The Morgan fingerprint density at radius 3 is 2.41 bits per heavy atom. The molecule has 1 aromatic heterocycles. The Hall–Kier alpha value is -2.63. The van der Waals surface area contributed by atoms with Crippen molar-refractivity contribution in [3.8, 4) is 16.9 Å². The van der Waals surface area contributed by atoms with Gasteiger partial charge in [-0.3, -0.25) is 4.79 Å². The van der Waals surface area contributed by atoms with E-state index >= 15 is 0 Å². The maximum Gasteiger partial charge on any atom is 0.258 e. The van der Waals surface area contributed by atoms with Crippen LogP contribution in [0, 0.1) is 0 Å². The standard InChI is InChI=1S/C23H25ClN4O/c1-2-12-26-13-15-27(16-14-26)23(29)21-17-28(20-6-4-3-5-7-20)25-22(21)18-8-10-19(24)11-9-18/h3-11,17H,2,12-16H2,1H3/p+1. The number of nitrogens with zero attached hydrogens (tertiary/aromatic N) is 3. The first-order valence-electron chi connectivity index (χ1n) is 10.2. The first-order chi connectivity index (χ1) is 14.2. The Morgan fingerprint density at radius 1 is 1.07 bits per heavy atom. The zero-order valence-corrected chi connectivity index (χ0v) is 17.4. The summed E-state index contributed by atoms with van der Waals surface area (Å²) in [6.45, 7) is 6.95. The van der Waals surface area contributed by atoms with Crippen LogP contribution in [0.25, 0.3) is 16.9 Å². The molecule has 6 heteroatoms. The number of hydrogen-bond donors (Lipinski definition) is 1. The maximum atomic E-state index is 13.4. The van der Waals surface area contributed by atoms with E-state index in [4.69, 9.17) is 16.7 Å². The highest BCUT2D eigenvalue weighted by Gasteiger charge is 2.27. The van der Waals surface area contributed by atoms with Crippen LogP contribution in [0.5, 0.6) is 0 Å². The monoisotopic (exact) mass is 409 g/mol. The lowest BCUT2D eigenvalue weighted by molar-refractivity contribution is -0.904. The number of para-hydroxylation sites is 1. The van der Waals surface area contributed by atoms with Crippen LogP contribution in [0.3, 0.4) is 0 Å². The van der Waals surface area contributed by atoms with E-state index in [-0.39, 0.29) is 5.91 Å². The molecule has 1 N–H and O–H groups in total. The molecule has 0 unspecified atom stereocenters. The molecule has 2 heterocycles. The molecular formula is C23H26ClN4O+. The molecule has 0 radical (unpaired) electrons. The number of amides is 1. The average molecular weight is 410 g/mol. The van der Waals surface area contributed by atoms with Crippen LogP contribution < -0.4 is 4.90 Å². The number of halogens is 1. The lowest BCUT2D eigenvalue weighted by Gasteiger charge is -2.32. The molecule has 29 heavy (non-hydrogen) atoms. The van der Waals surface area contributed by atoms with Gasteiger partial charge in [-0.2, -0.15) is 5.10 Å². The largest absolute Gasteiger partial charge is 0.332 e. The van der Waals surface area contributed by atoms with Crippen LogP contribution in [-0.4, -0.2) is 53.3 Å². The van der Waals surface area contributed by atoms with Gasteiger partial charge in [0.05, 0.1) is 44.0 Å². The molecule has 1 aliphatic heterocycles. The summed E-state index contributed by atoms with van der Waals surface area (Å²) in [7, 11) is 0. The summed E-state index contributed by atoms with van der Waals surface area (Å²) in [5.74, 6) is 0.0488. The van der Waals surface area contributed by atoms with E-state index in [9.17, 15) is 4.79 Å². The number of benzene rings is 2.